The first kappa shape index (κ1) is 19.4. The minimum atomic E-state index is 0.112. The van der Waals surface area contributed by atoms with Crippen LogP contribution >= 0.6 is 0 Å². The molecule has 0 aromatic rings. The second-order valence-electron chi connectivity index (χ2n) is 7.56. The molecule has 0 radical (unpaired) electrons. The van der Waals surface area contributed by atoms with Crippen molar-refractivity contribution >= 4 is 11.9 Å². The molecule has 3 rings (SSSR count). The summed E-state index contributed by atoms with van der Waals surface area (Å²) in [6, 6.07) is 0.377. The number of aliphatic imine (C=N–C) groups is 1. The second-order valence-corrected chi connectivity index (χ2v) is 7.56. The number of nitrogens with zero attached hydrogens (tertiary/aromatic N) is 3. The number of piperidine rings is 1. The Balaban J connectivity index is 1.44. The molecule has 3 fully saturated rings. The SMILES string of the molecule is CN=C(NCCC(=O)N1CCCCC1C)N1CCOC(C2CCCO2)C1. The number of carbonyl (C=O) groups is 1. The molecular weight excluding hydrogens is 332 g/mol. The van der Waals surface area contributed by atoms with E-state index in [2.05, 4.69) is 22.1 Å². The Hall–Kier alpha value is -1.34. The predicted molar refractivity (Wildman–Crippen MR) is 101 cm³/mol. The van der Waals surface area contributed by atoms with Crippen molar-refractivity contribution in [1.29, 1.82) is 0 Å². The second kappa shape index (κ2) is 9.55. The van der Waals surface area contributed by atoms with E-state index in [4.69, 9.17) is 9.47 Å². The van der Waals surface area contributed by atoms with E-state index in [0.717, 1.165) is 57.9 Å². The fraction of sp³-hybridized carbons (Fsp3) is 0.895. The van der Waals surface area contributed by atoms with Crippen molar-refractivity contribution < 1.29 is 14.3 Å². The highest BCUT2D eigenvalue weighted by Gasteiger charge is 2.32. The number of nitrogens with one attached hydrogen (secondary N) is 1. The molecule has 7 nitrogen and oxygen atoms in total. The predicted octanol–water partition coefficient (Wildman–Crippen LogP) is 1.23. The molecule has 3 unspecified atom stereocenters. The fourth-order valence-electron chi connectivity index (χ4n) is 4.21. The topological polar surface area (TPSA) is 66.4 Å². The number of amides is 1. The highest BCUT2D eigenvalue weighted by atomic mass is 16.5. The van der Waals surface area contributed by atoms with Gasteiger partial charge in [0, 0.05) is 52.3 Å². The van der Waals surface area contributed by atoms with E-state index in [-0.39, 0.29) is 18.1 Å². The van der Waals surface area contributed by atoms with Crippen LogP contribution < -0.4 is 5.32 Å². The van der Waals surface area contributed by atoms with E-state index in [1.165, 1.54) is 6.42 Å². The summed E-state index contributed by atoms with van der Waals surface area (Å²) in [6.07, 6.45) is 6.52. The molecule has 148 valence electrons. The molecule has 0 aromatic carbocycles. The average Bonchev–Trinajstić information content (AvgIpc) is 3.20. The molecule has 1 N–H and O–H groups in total. The number of carbonyl (C=O) groups excluding carboxylic acids is 1. The molecule has 0 aliphatic carbocycles. The van der Waals surface area contributed by atoms with Gasteiger partial charge in [0.2, 0.25) is 5.91 Å². The monoisotopic (exact) mass is 366 g/mol. The third-order valence-electron chi connectivity index (χ3n) is 5.73. The molecule has 3 atom stereocenters. The first-order valence-electron chi connectivity index (χ1n) is 10.2. The lowest BCUT2D eigenvalue weighted by molar-refractivity contribution is -0.134. The van der Waals surface area contributed by atoms with Gasteiger partial charge in [-0.1, -0.05) is 0 Å². The molecule has 3 heterocycles. The minimum absolute atomic E-state index is 0.112. The highest BCUT2D eigenvalue weighted by molar-refractivity contribution is 5.81. The van der Waals surface area contributed by atoms with Gasteiger partial charge in [-0.15, -0.1) is 0 Å². The van der Waals surface area contributed by atoms with Gasteiger partial charge in [0.1, 0.15) is 6.10 Å². The van der Waals surface area contributed by atoms with Crippen LogP contribution in [-0.2, 0) is 14.3 Å². The van der Waals surface area contributed by atoms with Crippen LogP contribution in [-0.4, -0.2) is 86.4 Å². The number of rotatable bonds is 4. The summed E-state index contributed by atoms with van der Waals surface area (Å²) in [6.45, 7) is 6.83. The number of guanidine groups is 1. The summed E-state index contributed by atoms with van der Waals surface area (Å²) < 4.78 is 11.7. The molecule has 7 heteroatoms. The van der Waals surface area contributed by atoms with Gasteiger partial charge in [-0.25, -0.2) is 0 Å². The standard InChI is InChI=1S/C19H34N4O3/c1-15-6-3-4-10-23(15)18(24)8-9-21-19(20-2)22-11-13-26-17(14-22)16-7-5-12-25-16/h15-17H,3-14H2,1-2H3,(H,20,21). The zero-order chi connectivity index (χ0) is 18.4. The maximum atomic E-state index is 12.5. The van der Waals surface area contributed by atoms with E-state index >= 15 is 0 Å². The summed E-state index contributed by atoms with van der Waals surface area (Å²) in [5.41, 5.74) is 0. The van der Waals surface area contributed by atoms with Crippen molar-refractivity contribution in [2.75, 3.05) is 46.4 Å². The Kier molecular flexibility index (Phi) is 7.14. The van der Waals surface area contributed by atoms with Gasteiger partial charge >= 0.3 is 0 Å². The van der Waals surface area contributed by atoms with Gasteiger partial charge in [-0.2, -0.15) is 0 Å². The Morgan fingerprint density at radius 3 is 2.69 bits per heavy atom. The summed E-state index contributed by atoms with van der Waals surface area (Å²) in [5, 5.41) is 3.37. The van der Waals surface area contributed by atoms with E-state index < -0.39 is 0 Å². The van der Waals surface area contributed by atoms with Crippen molar-refractivity contribution in [2.24, 2.45) is 4.99 Å². The molecule has 0 aromatic heterocycles. The normalized spacial score (nSPS) is 30.5. The maximum Gasteiger partial charge on any atom is 0.224 e. The van der Waals surface area contributed by atoms with Crippen LogP contribution in [0.3, 0.4) is 0 Å². The van der Waals surface area contributed by atoms with Gasteiger partial charge in [-0.3, -0.25) is 9.79 Å². The van der Waals surface area contributed by atoms with Gasteiger partial charge in [0.15, 0.2) is 5.96 Å². The van der Waals surface area contributed by atoms with E-state index in [0.29, 0.717) is 25.6 Å². The number of hydrogen-bond acceptors (Lipinski definition) is 4. The van der Waals surface area contributed by atoms with Crippen LogP contribution in [0, 0.1) is 0 Å². The molecule has 3 aliphatic heterocycles. The van der Waals surface area contributed by atoms with Crippen LogP contribution in [0.25, 0.3) is 0 Å². The Morgan fingerprint density at radius 2 is 1.96 bits per heavy atom. The van der Waals surface area contributed by atoms with Crippen LogP contribution in [0.5, 0.6) is 0 Å². The zero-order valence-electron chi connectivity index (χ0n) is 16.3. The van der Waals surface area contributed by atoms with Crippen molar-refractivity contribution in [3.63, 3.8) is 0 Å². The summed E-state index contributed by atoms with van der Waals surface area (Å²) in [4.78, 5) is 21.1. The Morgan fingerprint density at radius 1 is 1.12 bits per heavy atom. The fourth-order valence-corrected chi connectivity index (χ4v) is 4.21. The summed E-state index contributed by atoms with van der Waals surface area (Å²) >= 11 is 0. The van der Waals surface area contributed by atoms with Gasteiger partial charge in [0.25, 0.3) is 0 Å². The molecule has 3 saturated heterocycles. The summed E-state index contributed by atoms with van der Waals surface area (Å²) in [5.74, 6) is 1.11. The van der Waals surface area contributed by atoms with E-state index in [9.17, 15) is 4.79 Å². The quantitative estimate of drug-likeness (QED) is 0.599. The van der Waals surface area contributed by atoms with Crippen molar-refractivity contribution in [3.8, 4) is 0 Å². The van der Waals surface area contributed by atoms with Crippen molar-refractivity contribution in [1.82, 2.24) is 15.1 Å². The number of morpholine rings is 1. The third-order valence-corrected chi connectivity index (χ3v) is 5.73. The lowest BCUT2D eigenvalue weighted by Gasteiger charge is -2.37. The first-order chi connectivity index (χ1) is 12.7. The molecule has 26 heavy (non-hydrogen) atoms. The smallest absolute Gasteiger partial charge is 0.224 e. The molecular formula is C19H34N4O3. The van der Waals surface area contributed by atoms with Crippen molar-refractivity contribution in [2.45, 2.75) is 63.7 Å². The Labute approximate surface area is 157 Å². The number of likely N-dealkylation sites (tertiary alicyclic amines) is 1. The molecule has 0 spiro atoms. The molecule has 0 bridgehead atoms. The van der Waals surface area contributed by atoms with Gasteiger partial charge in [-0.05, 0) is 39.0 Å². The maximum absolute atomic E-state index is 12.5. The van der Waals surface area contributed by atoms with Crippen LogP contribution in [0.15, 0.2) is 4.99 Å². The Bertz CT molecular complexity index is 493. The lowest BCUT2D eigenvalue weighted by atomic mass is 10.0. The van der Waals surface area contributed by atoms with Crippen LogP contribution in [0.4, 0.5) is 0 Å². The number of hydrogen-bond donors (Lipinski definition) is 1. The van der Waals surface area contributed by atoms with E-state index in [1.807, 2.05) is 4.90 Å². The first-order valence-corrected chi connectivity index (χ1v) is 10.2. The van der Waals surface area contributed by atoms with Crippen LogP contribution in [0.2, 0.25) is 0 Å². The molecule has 1 amide bonds. The largest absolute Gasteiger partial charge is 0.375 e. The average molecular weight is 367 g/mol. The third kappa shape index (κ3) is 4.88. The minimum Gasteiger partial charge on any atom is -0.375 e. The summed E-state index contributed by atoms with van der Waals surface area (Å²) in [7, 11) is 1.80. The molecule has 3 aliphatic rings. The molecule has 0 saturated carbocycles. The van der Waals surface area contributed by atoms with Gasteiger partial charge < -0.3 is 24.6 Å². The van der Waals surface area contributed by atoms with Crippen molar-refractivity contribution in [3.05, 3.63) is 0 Å². The van der Waals surface area contributed by atoms with Gasteiger partial charge in [0.05, 0.1) is 12.7 Å². The highest BCUT2D eigenvalue weighted by Crippen LogP contribution is 2.21. The zero-order valence-corrected chi connectivity index (χ0v) is 16.3. The lowest BCUT2D eigenvalue weighted by Crippen LogP contribution is -2.53. The number of ether oxygens (including phenoxy) is 2. The van der Waals surface area contributed by atoms with E-state index in [1.54, 1.807) is 7.05 Å². The van der Waals surface area contributed by atoms with Crippen LogP contribution in [0.1, 0.15) is 45.4 Å².